The lowest BCUT2D eigenvalue weighted by Gasteiger charge is -2.34. The fourth-order valence-electron chi connectivity index (χ4n) is 3.24. The van der Waals surface area contributed by atoms with E-state index in [1.54, 1.807) is 41.3 Å². The molecule has 0 saturated carbocycles. The average molecular weight is 436 g/mol. The zero-order valence-corrected chi connectivity index (χ0v) is 17.9. The van der Waals surface area contributed by atoms with E-state index in [1.165, 1.54) is 7.11 Å². The molecule has 1 aliphatic heterocycles. The Morgan fingerprint density at radius 1 is 1.07 bits per heavy atom. The molecule has 29 heavy (non-hydrogen) atoms. The zero-order valence-electron chi connectivity index (χ0n) is 16.4. The van der Waals surface area contributed by atoms with Crippen LogP contribution < -0.4 is 10.1 Å². The van der Waals surface area contributed by atoms with Gasteiger partial charge in [0.15, 0.2) is 0 Å². The van der Waals surface area contributed by atoms with Crippen LogP contribution in [0.4, 0.5) is 5.69 Å². The first kappa shape index (κ1) is 21.4. The Morgan fingerprint density at radius 3 is 2.41 bits per heavy atom. The number of carbonyl (C=O) groups excluding carboxylic acids is 2. The van der Waals surface area contributed by atoms with E-state index in [2.05, 4.69) is 5.32 Å². The molecule has 0 aromatic heterocycles. The predicted octanol–water partition coefficient (Wildman–Crippen LogP) is 3.71. The molecule has 2 aromatic carbocycles. The summed E-state index contributed by atoms with van der Waals surface area (Å²) >= 11 is 12.2. The summed E-state index contributed by atoms with van der Waals surface area (Å²) in [7, 11) is 1.53. The molecule has 154 valence electrons. The number of nitrogens with zero attached hydrogens (tertiary/aromatic N) is 2. The number of carbonyl (C=O) groups is 2. The first-order valence-electron chi connectivity index (χ1n) is 9.29. The minimum atomic E-state index is -0.143. The normalized spacial score (nSPS) is 14.6. The third-order valence-electron chi connectivity index (χ3n) is 4.89. The summed E-state index contributed by atoms with van der Waals surface area (Å²) in [4.78, 5) is 28.9. The molecule has 2 aromatic rings. The van der Waals surface area contributed by atoms with Crippen molar-refractivity contribution < 1.29 is 14.3 Å². The lowest BCUT2D eigenvalue weighted by Crippen LogP contribution is -2.50. The van der Waals surface area contributed by atoms with E-state index in [4.69, 9.17) is 27.9 Å². The van der Waals surface area contributed by atoms with Gasteiger partial charge < -0.3 is 15.0 Å². The minimum absolute atomic E-state index is 0.0823. The molecule has 0 spiro atoms. The number of benzene rings is 2. The standard InChI is InChI=1S/C21H23Cl2N3O3/c1-14-11-18(19(29-2)12-17(14)23)24-20(27)13-25-7-9-26(10-8-25)21(28)15-5-3-4-6-16(15)22/h3-6,11-12H,7-10,13H2,1-2H3,(H,24,27). The van der Waals surface area contributed by atoms with Crippen LogP contribution in [0, 0.1) is 6.92 Å². The molecular formula is C21H23Cl2N3O3. The van der Waals surface area contributed by atoms with Gasteiger partial charge in [0, 0.05) is 37.3 Å². The zero-order chi connectivity index (χ0) is 21.0. The van der Waals surface area contributed by atoms with E-state index in [0.717, 1.165) is 5.56 Å². The summed E-state index contributed by atoms with van der Waals surface area (Å²) in [6, 6.07) is 10.5. The lowest BCUT2D eigenvalue weighted by molar-refractivity contribution is -0.117. The number of rotatable bonds is 5. The van der Waals surface area contributed by atoms with Crippen molar-refractivity contribution in [3.8, 4) is 5.75 Å². The SMILES string of the molecule is COc1cc(Cl)c(C)cc1NC(=O)CN1CCN(C(=O)c2ccccc2Cl)CC1. The van der Waals surface area contributed by atoms with Gasteiger partial charge in [-0.3, -0.25) is 14.5 Å². The Bertz CT molecular complexity index is 912. The summed E-state index contributed by atoms with van der Waals surface area (Å²) in [6.07, 6.45) is 0. The van der Waals surface area contributed by atoms with E-state index in [0.29, 0.717) is 53.2 Å². The van der Waals surface area contributed by atoms with Crippen molar-refractivity contribution in [1.29, 1.82) is 0 Å². The quantitative estimate of drug-likeness (QED) is 0.777. The van der Waals surface area contributed by atoms with Crippen LogP contribution in [0.5, 0.6) is 5.75 Å². The van der Waals surface area contributed by atoms with Gasteiger partial charge in [-0.2, -0.15) is 0 Å². The smallest absolute Gasteiger partial charge is 0.255 e. The third kappa shape index (κ3) is 5.21. The summed E-state index contributed by atoms with van der Waals surface area (Å²) in [6.45, 7) is 4.41. The maximum atomic E-state index is 12.6. The fraction of sp³-hybridized carbons (Fsp3) is 0.333. The Hall–Kier alpha value is -2.28. The van der Waals surface area contributed by atoms with Gasteiger partial charge >= 0.3 is 0 Å². The second-order valence-corrected chi connectivity index (χ2v) is 7.71. The highest BCUT2D eigenvalue weighted by atomic mass is 35.5. The molecule has 1 saturated heterocycles. The molecule has 0 radical (unpaired) electrons. The van der Waals surface area contributed by atoms with Gasteiger partial charge in [-0.25, -0.2) is 0 Å². The second kappa shape index (κ2) is 9.48. The second-order valence-electron chi connectivity index (χ2n) is 6.90. The topological polar surface area (TPSA) is 61.9 Å². The lowest BCUT2D eigenvalue weighted by atomic mass is 10.1. The minimum Gasteiger partial charge on any atom is -0.495 e. The number of halogens is 2. The van der Waals surface area contributed by atoms with E-state index in [-0.39, 0.29) is 18.4 Å². The molecule has 0 aliphatic carbocycles. The van der Waals surface area contributed by atoms with E-state index < -0.39 is 0 Å². The molecule has 1 fully saturated rings. The predicted molar refractivity (Wildman–Crippen MR) is 115 cm³/mol. The molecule has 3 rings (SSSR count). The van der Waals surface area contributed by atoms with Gasteiger partial charge in [0.25, 0.3) is 5.91 Å². The number of hydrogen-bond donors (Lipinski definition) is 1. The van der Waals surface area contributed by atoms with Crippen molar-refractivity contribution in [2.45, 2.75) is 6.92 Å². The van der Waals surface area contributed by atoms with Crippen molar-refractivity contribution in [3.05, 3.63) is 57.6 Å². The van der Waals surface area contributed by atoms with Crippen LogP contribution in [-0.4, -0.2) is 61.4 Å². The van der Waals surface area contributed by atoms with Gasteiger partial charge in [-0.1, -0.05) is 35.3 Å². The number of amides is 2. The average Bonchev–Trinajstić information content (AvgIpc) is 2.71. The molecule has 1 heterocycles. The largest absolute Gasteiger partial charge is 0.495 e. The molecule has 8 heteroatoms. The van der Waals surface area contributed by atoms with Crippen LogP contribution in [0.1, 0.15) is 15.9 Å². The Morgan fingerprint density at radius 2 is 1.76 bits per heavy atom. The number of anilines is 1. The van der Waals surface area contributed by atoms with Crippen molar-refractivity contribution in [2.24, 2.45) is 0 Å². The molecule has 1 N–H and O–H groups in total. The number of hydrogen-bond acceptors (Lipinski definition) is 4. The third-order valence-corrected chi connectivity index (χ3v) is 5.62. The van der Waals surface area contributed by atoms with Crippen molar-refractivity contribution in [2.75, 3.05) is 45.2 Å². The number of methoxy groups -OCH3 is 1. The van der Waals surface area contributed by atoms with Crippen LogP contribution in [0.3, 0.4) is 0 Å². The Labute approximate surface area is 180 Å². The fourth-order valence-corrected chi connectivity index (χ4v) is 3.61. The molecule has 2 amide bonds. The number of nitrogens with one attached hydrogen (secondary N) is 1. The van der Waals surface area contributed by atoms with E-state index in [9.17, 15) is 9.59 Å². The van der Waals surface area contributed by atoms with Crippen molar-refractivity contribution in [3.63, 3.8) is 0 Å². The summed E-state index contributed by atoms with van der Waals surface area (Å²) in [5.41, 5.74) is 1.95. The van der Waals surface area contributed by atoms with Crippen molar-refractivity contribution in [1.82, 2.24) is 9.80 Å². The van der Waals surface area contributed by atoms with Gasteiger partial charge in [0.2, 0.25) is 5.91 Å². The highest BCUT2D eigenvalue weighted by Gasteiger charge is 2.24. The van der Waals surface area contributed by atoms with Crippen molar-refractivity contribution >= 4 is 40.7 Å². The van der Waals surface area contributed by atoms with E-state index in [1.807, 2.05) is 11.8 Å². The summed E-state index contributed by atoms with van der Waals surface area (Å²) < 4.78 is 5.30. The first-order chi connectivity index (χ1) is 13.9. The molecular weight excluding hydrogens is 413 g/mol. The maximum Gasteiger partial charge on any atom is 0.255 e. The Balaban J connectivity index is 1.55. The molecule has 0 bridgehead atoms. The van der Waals surface area contributed by atoms with Crippen LogP contribution in [0.25, 0.3) is 0 Å². The monoisotopic (exact) mass is 435 g/mol. The maximum absolute atomic E-state index is 12.6. The molecule has 6 nitrogen and oxygen atoms in total. The summed E-state index contributed by atoms with van der Waals surface area (Å²) in [5, 5.41) is 3.91. The van der Waals surface area contributed by atoms with Crippen LogP contribution in [-0.2, 0) is 4.79 Å². The van der Waals surface area contributed by atoms with Gasteiger partial charge in [-0.05, 0) is 30.7 Å². The highest BCUT2D eigenvalue weighted by Crippen LogP contribution is 2.30. The van der Waals surface area contributed by atoms with E-state index >= 15 is 0 Å². The molecule has 1 aliphatic rings. The summed E-state index contributed by atoms with van der Waals surface area (Å²) in [5.74, 6) is 0.293. The van der Waals surface area contributed by atoms with Gasteiger partial charge in [0.05, 0.1) is 29.9 Å². The van der Waals surface area contributed by atoms with Crippen LogP contribution >= 0.6 is 23.2 Å². The number of ether oxygens (including phenoxy) is 1. The van der Waals surface area contributed by atoms with Gasteiger partial charge in [0.1, 0.15) is 5.75 Å². The molecule has 0 unspecified atom stereocenters. The number of aryl methyl sites for hydroxylation is 1. The Kier molecular flexibility index (Phi) is 7.00. The highest BCUT2D eigenvalue weighted by molar-refractivity contribution is 6.33. The molecule has 0 atom stereocenters. The first-order valence-corrected chi connectivity index (χ1v) is 10.0. The number of piperazine rings is 1. The van der Waals surface area contributed by atoms with Crippen LogP contribution in [0.15, 0.2) is 36.4 Å². The van der Waals surface area contributed by atoms with Crippen LogP contribution in [0.2, 0.25) is 10.0 Å². The van der Waals surface area contributed by atoms with Gasteiger partial charge in [-0.15, -0.1) is 0 Å².